The van der Waals surface area contributed by atoms with Gasteiger partial charge in [0.1, 0.15) is 0 Å². The summed E-state index contributed by atoms with van der Waals surface area (Å²) < 4.78 is 6.12. The monoisotopic (exact) mass is 327 g/mol. The van der Waals surface area contributed by atoms with Crippen LogP contribution < -0.4 is 0 Å². The summed E-state index contributed by atoms with van der Waals surface area (Å²) in [5.74, 6) is -0.0951. The summed E-state index contributed by atoms with van der Waals surface area (Å²) >= 11 is 3.38. The minimum absolute atomic E-state index is 0.311. The fourth-order valence-electron chi connectivity index (χ4n) is 1.86. The molecule has 3 nitrogen and oxygen atoms in total. The maximum Gasteiger partial charge on any atom is 0.363 e. The minimum atomic E-state index is -0.427. The molecule has 4 heteroatoms. The van der Waals surface area contributed by atoms with Gasteiger partial charge in [-0.3, -0.25) is 0 Å². The standard InChI is InChI=1S/C16H10BrNO2/c17-13-8-4-7-12(10-13)15-18-14(16(19)20-15)9-11-5-2-1-3-6-11/h1-10H/b14-9+. The molecule has 20 heavy (non-hydrogen) atoms. The Bertz CT molecular complexity index is 720. The highest BCUT2D eigenvalue weighted by molar-refractivity contribution is 9.10. The molecule has 0 radical (unpaired) electrons. The Morgan fingerprint density at radius 2 is 1.85 bits per heavy atom. The van der Waals surface area contributed by atoms with Crippen LogP contribution in [0.25, 0.3) is 6.08 Å². The van der Waals surface area contributed by atoms with E-state index in [2.05, 4.69) is 20.9 Å². The molecule has 0 bridgehead atoms. The SMILES string of the molecule is O=C1OC(c2cccc(Br)c2)=N/C1=C/c1ccccc1. The number of carbonyl (C=O) groups is 1. The lowest BCUT2D eigenvalue weighted by molar-refractivity contribution is -0.129. The largest absolute Gasteiger partial charge is 0.402 e. The Labute approximate surface area is 124 Å². The van der Waals surface area contributed by atoms with Crippen molar-refractivity contribution in [3.05, 3.63) is 75.9 Å². The molecule has 2 aromatic rings. The van der Waals surface area contributed by atoms with Gasteiger partial charge in [0.05, 0.1) is 0 Å². The van der Waals surface area contributed by atoms with Gasteiger partial charge in [-0.1, -0.05) is 52.3 Å². The summed E-state index contributed by atoms with van der Waals surface area (Å²) in [6, 6.07) is 17.0. The van der Waals surface area contributed by atoms with Crippen molar-refractivity contribution in [1.29, 1.82) is 0 Å². The van der Waals surface area contributed by atoms with E-state index in [0.29, 0.717) is 11.6 Å². The second-order valence-corrected chi connectivity index (χ2v) is 5.17. The topological polar surface area (TPSA) is 38.7 Å². The number of halogens is 1. The maximum absolute atomic E-state index is 11.8. The van der Waals surface area contributed by atoms with E-state index in [-0.39, 0.29) is 0 Å². The molecule has 1 heterocycles. The van der Waals surface area contributed by atoms with E-state index in [0.717, 1.165) is 15.6 Å². The average Bonchev–Trinajstić information content (AvgIpc) is 2.81. The Balaban J connectivity index is 1.95. The summed E-state index contributed by atoms with van der Waals surface area (Å²) in [6.07, 6.45) is 1.72. The lowest BCUT2D eigenvalue weighted by atomic mass is 10.2. The summed E-state index contributed by atoms with van der Waals surface area (Å²) in [4.78, 5) is 16.1. The molecular weight excluding hydrogens is 318 g/mol. The Kier molecular flexibility index (Phi) is 3.48. The first-order valence-electron chi connectivity index (χ1n) is 6.06. The summed E-state index contributed by atoms with van der Waals surface area (Å²) in [7, 11) is 0. The molecule has 0 unspecified atom stereocenters. The quantitative estimate of drug-likeness (QED) is 0.621. The van der Waals surface area contributed by atoms with Crippen LogP contribution in [0.3, 0.4) is 0 Å². The first-order valence-corrected chi connectivity index (χ1v) is 6.85. The molecule has 0 fully saturated rings. The number of aliphatic imine (C=N–C) groups is 1. The molecule has 0 N–H and O–H groups in total. The van der Waals surface area contributed by atoms with Gasteiger partial charge in [0.15, 0.2) is 5.70 Å². The van der Waals surface area contributed by atoms with Crippen molar-refractivity contribution in [2.24, 2.45) is 4.99 Å². The van der Waals surface area contributed by atoms with Gasteiger partial charge in [-0.05, 0) is 29.8 Å². The third-order valence-corrected chi connectivity index (χ3v) is 3.29. The number of nitrogens with zero attached hydrogens (tertiary/aromatic N) is 1. The molecule has 1 aliphatic heterocycles. The maximum atomic E-state index is 11.8. The first-order chi connectivity index (χ1) is 9.72. The van der Waals surface area contributed by atoms with Crippen molar-refractivity contribution in [2.75, 3.05) is 0 Å². The molecule has 3 rings (SSSR count). The first kappa shape index (κ1) is 12.8. The molecule has 0 spiro atoms. The highest BCUT2D eigenvalue weighted by Gasteiger charge is 2.24. The third-order valence-electron chi connectivity index (χ3n) is 2.80. The molecule has 0 aromatic heterocycles. The Morgan fingerprint density at radius 3 is 2.60 bits per heavy atom. The van der Waals surface area contributed by atoms with Gasteiger partial charge < -0.3 is 4.74 Å². The summed E-state index contributed by atoms with van der Waals surface area (Å²) in [5, 5.41) is 0. The highest BCUT2D eigenvalue weighted by atomic mass is 79.9. The lowest BCUT2D eigenvalue weighted by Crippen LogP contribution is -2.05. The Morgan fingerprint density at radius 1 is 1.05 bits per heavy atom. The summed E-state index contributed by atoms with van der Waals surface area (Å²) in [5.41, 5.74) is 1.99. The van der Waals surface area contributed by atoms with Crippen molar-refractivity contribution in [1.82, 2.24) is 0 Å². The van der Waals surface area contributed by atoms with Crippen LogP contribution in [0.15, 0.2) is 69.8 Å². The number of hydrogen-bond donors (Lipinski definition) is 0. The van der Waals surface area contributed by atoms with Gasteiger partial charge >= 0.3 is 5.97 Å². The summed E-state index contributed by atoms with van der Waals surface area (Å²) in [6.45, 7) is 0. The molecular formula is C16H10BrNO2. The second-order valence-electron chi connectivity index (χ2n) is 4.26. The van der Waals surface area contributed by atoms with Crippen LogP contribution in [0.2, 0.25) is 0 Å². The molecule has 0 saturated carbocycles. The highest BCUT2D eigenvalue weighted by Crippen LogP contribution is 2.20. The van der Waals surface area contributed by atoms with Crippen LogP contribution in [-0.4, -0.2) is 11.9 Å². The molecule has 0 aliphatic carbocycles. The van der Waals surface area contributed by atoms with Crippen LogP contribution in [0, 0.1) is 0 Å². The second kappa shape index (κ2) is 5.43. The van der Waals surface area contributed by atoms with Crippen molar-refractivity contribution in [2.45, 2.75) is 0 Å². The van der Waals surface area contributed by atoms with Crippen molar-refractivity contribution in [3.63, 3.8) is 0 Å². The number of benzene rings is 2. The fraction of sp³-hybridized carbons (Fsp3) is 0. The van der Waals surface area contributed by atoms with E-state index in [9.17, 15) is 4.79 Å². The van der Waals surface area contributed by atoms with Crippen molar-refractivity contribution >= 4 is 33.9 Å². The normalized spacial score (nSPS) is 16.1. The van der Waals surface area contributed by atoms with Crippen LogP contribution in [-0.2, 0) is 9.53 Å². The predicted molar refractivity (Wildman–Crippen MR) is 81.2 cm³/mol. The molecule has 0 saturated heterocycles. The third kappa shape index (κ3) is 2.70. The number of cyclic esters (lactones) is 1. The van der Waals surface area contributed by atoms with E-state index >= 15 is 0 Å². The van der Waals surface area contributed by atoms with Gasteiger partial charge in [0.25, 0.3) is 0 Å². The Hall–Kier alpha value is -2.20. The van der Waals surface area contributed by atoms with E-state index in [1.165, 1.54) is 0 Å². The van der Waals surface area contributed by atoms with E-state index in [1.54, 1.807) is 6.08 Å². The molecule has 2 aromatic carbocycles. The minimum Gasteiger partial charge on any atom is -0.402 e. The molecule has 1 aliphatic rings. The van der Waals surface area contributed by atoms with E-state index in [1.807, 2.05) is 54.6 Å². The zero-order valence-corrected chi connectivity index (χ0v) is 12.0. The van der Waals surface area contributed by atoms with Crippen molar-refractivity contribution < 1.29 is 9.53 Å². The van der Waals surface area contributed by atoms with E-state index in [4.69, 9.17) is 4.74 Å². The van der Waals surface area contributed by atoms with Crippen LogP contribution in [0.1, 0.15) is 11.1 Å². The lowest BCUT2D eigenvalue weighted by Gasteiger charge is -1.99. The van der Waals surface area contributed by atoms with Crippen LogP contribution in [0.5, 0.6) is 0 Å². The van der Waals surface area contributed by atoms with Crippen LogP contribution >= 0.6 is 15.9 Å². The average molecular weight is 328 g/mol. The van der Waals surface area contributed by atoms with Gasteiger partial charge in [0, 0.05) is 10.0 Å². The number of carbonyl (C=O) groups excluding carboxylic acids is 1. The predicted octanol–water partition coefficient (Wildman–Crippen LogP) is 3.79. The smallest absolute Gasteiger partial charge is 0.363 e. The van der Waals surface area contributed by atoms with Crippen molar-refractivity contribution in [3.8, 4) is 0 Å². The number of ether oxygens (including phenoxy) is 1. The fourth-order valence-corrected chi connectivity index (χ4v) is 2.26. The van der Waals surface area contributed by atoms with E-state index < -0.39 is 5.97 Å². The molecule has 98 valence electrons. The zero-order valence-electron chi connectivity index (χ0n) is 10.4. The zero-order chi connectivity index (χ0) is 13.9. The van der Waals surface area contributed by atoms with Crippen LogP contribution in [0.4, 0.5) is 0 Å². The number of esters is 1. The van der Waals surface area contributed by atoms with Gasteiger partial charge in [-0.15, -0.1) is 0 Å². The van der Waals surface area contributed by atoms with Gasteiger partial charge in [-0.25, -0.2) is 9.79 Å². The molecule has 0 amide bonds. The number of hydrogen-bond acceptors (Lipinski definition) is 3. The number of rotatable bonds is 2. The van der Waals surface area contributed by atoms with Gasteiger partial charge in [-0.2, -0.15) is 0 Å². The molecule has 0 atom stereocenters. The van der Waals surface area contributed by atoms with Gasteiger partial charge in [0.2, 0.25) is 5.90 Å².